The normalized spacial score (nSPS) is 10.2. The molecule has 2 aromatic carbocycles. The first kappa shape index (κ1) is 11.6. The van der Waals surface area contributed by atoms with E-state index < -0.39 is 11.6 Å². The predicted octanol–water partition coefficient (Wildman–Crippen LogP) is 3.29. The van der Waals surface area contributed by atoms with E-state index in [9.17, 15) is 9.18 Å². The number of rotatable bonds is 2. The topological polar surface area (TPSA) is 43.1 Å². The first-order valence-corrected chi connectivity index (χ1v) is 5.31. The van der Waals surface area contributed by atoms with Crippen LogP contribution in [-0.2, 0) is 0 Å². The number of hydrogen-bond donors (Lipinski definition) is 1. The summed E-state index contributed by atoms with van der Waals surface area (Å²) in [5.74, 6) is -1.07. The Hall–Kier alpha value is -1.87. The molecule has 4 heteroatoms. The van der Waals surface area contributed by atoms with Crippen LogP contribution in [0.15, 0.2) is 42.5 Å². The largest absolute Gasteiger partial charge is 0.398 e. The minimum atomic E-state index is -0.620. The third kappa shape index (κ3) is 2.29. The fraction of sp³-hybridized carbons (Fsp3) is 0. The van der Waals surface area contributed by atoms with E-state index >= 15 is 0 Å². The summed E-state index contributed by atoms with van der Waals surface area (Å²) in [4.78, 5) is 12.0. The summed E-state index contributed by atoms with van der Waals surface area (Å²) in [5, 5.41) is 0.517. The Kier molecular flexibility index (Phi) is 3.11. The molecular weight excluding hydrogens is 241 g/mol. The molecule has 0 spiro atoms. The number of benzene rings is 2. The molecule has 17 heavy (non-hydrogen) atoms. The van der Waals surface area contributed by atoms with Crippen LogP contribution in [0.25, 0.3) is 0 Å². The highest BCUT2D eigenvalue weighted by molar-refractivity contribution is 6.30. The second-order valence-corrected chi connectivity index (χ2v) is 3.98. The van der Waals surface area contributed by atoms with Crippen molar-refractivity contribution in [2.24, 2.45) is 0 Å². The van der Waals surface area contributed by atoms with E-state index in [-0.39, 0.29) is 11.3 Å². The van der Waals surface area contributed by atoms with Crippen molar-refractivity contribution in [1.29, 1.82) is 0 Å². The quantitative estimate of drug-likeness (QED) is 0.656. The van der Waals surface area contributed by atoms with Gasteiger partial charge in [0.25, 0.3) is 0 Å². The van der Waals surface area contributed by atoms with Crippen LogP contribution in [0, 0.1) is 5.82 Å². The Labute approximate surface area is 103 Å². The van der Waals surface area contributed by atoms with E-state index in [2.05, 4.69) is 0 Å². The molecule has 0 saturated carbocycles. The molecule has 0 amide bonds. The smallest absolute Gasteiger partial charge is 0.198 e. The minimum absolute atomic E-state index is 0.102. The summed E-state index contributed by atoms with van der Waals surface area (Å²) in [6, 6.07) is 10.4. The van der Waals surface area contributed by atoms with Gasteiger partial charge in [0.1, 0.15) is 5.82 Å². The van der Waals surface area contributed by atoms with Gasteiger partial charge in [-0.2, -0.15) is 0 Å². The summed E-state index contributed by atoms with van der Waals surface area (Å²) < 4.78 is 13.5. The molecule has 2 nitrogen and oxygen atoms in total. The zero-order valence-electron chi connectivity index (χ0n) is 8.78. The standard InChI is InChI=1S/C13H9ClFNO/c14-9-6-4-8(5-7-9)13(17)12-10(15)2-1-3-11(12)16/h1-7H,16H2. The van der Waals surface area contributed by atoms with Gasteiger partial charge in [0, 0.05) is 16.3 Å². The molecule has 0 fully saturated rings. The van der Waals surface area contributed by atoms with Crippen molar-refractivity contribution in [3.05, 3.63) is 64.4 Å². The zero-order chi connectivity index (χ0) is 12.4. The number of carbonyl (C=O) groups excluding carboxylic acids is 1. The summed E-state index contributed by atoms with van der Waals surface area (Å²) >= 11 is 5.71. The lowest BCUT2D eigenvalue weighted by Gasteiger charge is -2.06. The third-order valence-electron chi connectivity index (χ3n) is 2.38. The van der Waals surface area contributed by atoms with Crippen molar-refractivity contribution in [1.82, 2.24) is 0 Å². The maximum absolute atomic E-state index is 13.5. The van der Waals surface area contributed by atoms with Gasteiger partial charge >= 0.3 is 0 Å². The lowest BCUT2D eigenvalue weighted by molar-refractivity contribution is 0.103. The number of nitrogens with two attached hydrogens (primary N) is 1. The van der Waals surface area contributed by atoms with Gasteiger partial charge in [-0.3, -0.25) is 4.79 Å². The second-order valence-electron chi connectivity index (χ2n) is 3.54. The number of nitrogen functional groups attached to an aromatic ring is 1. The Morgan fingerprint density at radius 2 is 1.76 bits per heavy atom. The first-order valence-electron chi connectivity index (χ1n) is 4.94. The molecule has 86 valence electrons. The van der Waals surface area contributed by atoms with E-state index in [0.717, 1.165) is 0 Å². The molecule has 0 aliphatic carbocycles. The first-order chi connectivity index (χ1) is 8.09. The third-order valence-corrected chi connectivity index (χ3v) is 2.63. The molecule has 0 aliphatic rings. The summed E-state index contributed by atoms with van der Waals surface area (Å²) in [6.45, 7) is 0. The molecule has 0 atom stereocenters. The van der Waals surface area contributed by atoms with Crippen molar-refractivity contribution in [2.45, 2.75) is 0 Å². The van der Waals surface area contributed by atoms with E-state index in [0.29, 0.717) is 10.6 Å². The number of halogens is 2. The van der Waals surface area contributed by atoms with Gasteiger partial charge in [0.15, 0.2) is 5.78 Å². The highest BCUT2D eigenvalue weighted by Gasteiger charge is 2.16. The van der Waals surface area contributed by atoms with E-state index in [1.54, 1.807) is 12.1 Å². The van der Waals surface area contributed by atoms with Crippen LogP contribution >= 0.6 is 11.6 Å². The maximum Gasteiger partial charge on any atom is 0.198 e. The van der Waals surface area contributed by atoms with Crippen LogP contribution in [0.4, 0.5) is 10.1 Å². The Balaban J connectivity index is 2.47. The molecule has 2 rings (SSSR count). The fourth-order valence-corrected chi connectivity index (χ4v) is 1.65. The van der Waals surface area contributed by atoms with E-state index in [1.807, 2.05) is 0 Å². The molecule has 0 aliphatic heterocycles. The highest BCUT2D eigenvalue weighted by atomic mass is 35.5. The van der Waals surface area contributed by atoms with Gasteiger partial charge in [-0.15, -0.1) is 0 Å². The van der Waals surface area contributed by atoms with Gasteiger partial charge in [0.2, 0.25) is 0 Å². The van der Waals surface area contributed by atoms with Gasteiger partial charge in [-0.25, -0.2) is 4.39 Å². The number of anilines is 1. The summed E-state index contributed by atoms with van der Waals surface area (Å²) in [6.07, 6.45) is 0. The summed E-state index contributed by atoms with van der Waals surface area (Å²) in [7, 11) is 0. The number of carbonyl (C=O) groups is 1. The van der Waals surface area contributed by atoms with Crippen molar-refractivity contribution >= 4 is 23.1 Å². The van der Waals surface area contributed by atoms with Crippen LogP contribution in [0.3, 0.4) is 0 Å². The predicted molar refractivity (Wildman–Crippen MR) is 65.7 cm³/mol. The Morgan fingerprint density at radius 3 is 2.35 bits per heavy atom. The molecule has 0 bridgehead atoms. The Bertz CT molecular complexity index is 546. The molecule has 0 heterocycles. The van der Waals surface area contributed by atoms with Gasteiger partial charge < -0.3 is 5.73 Å². The second kappa shape index (κ2) is 4.55. The van der Waals surface area contributed by atoms with E-state index in [4.69, 9.17) is 17.3 Å². The SMILES string of the molecule is Nc1cccc(F)c1C(=O)c1ccc(Cl)cc1. The monoisotopic (exact) mass is 249 g/mol. The molecule has 0 unspecified atom stereocenters. The van der Waals surface area contributed by atoms with Crippen LogP contribution in [0.2, 0.25) is 5.02 Å². The Morgan fingerprint density at radius 1 is 1.12 bits per heavy atom. The lowest BCUT2D eigenvalue weighted by Crippen LogP contribution is -2.08. The summed E-state index contributed by atoms with van der Waals surface area (Å²) in [5.41, 5.74) is 5.98. The van der Waals surface area contributed by atoms with Crippen LogP contribution in [-0.4, -0.2) is 5.78 Å². The number of hydrogen-bond acceptors (Lipinski definition) is 2. The van der Waals surface area contributed by atoms with Crippen LogP contribution in [0.5, 0.6) is 0 Å². The molecular formula is C13H9ClFNO. The average Bonchev–Trinajstić information content (AvgIpc) is 2.29. The van der Waals surface area contributed by atoms with Gasteiger partial charge in [0.05, 0.1) is 5.56 Å². The average molecular weight is 250 g/mol. The van der Waals surface area contributed by atoms with Crippen LogP contribution < -0.4 is 5.73 Å². The van der Waals surface area contributed by atoms with Crippen molar-refractivity contribution in [3.8, 4) is 0 Å². The van der Waals surface area contributed by atoms with Gasteiger partial charge in [-0.1, -0.05) is 17.7 Å². The molecule has 2 N–H and O–H groups in total. The lowest BCUT2D eigenvalue weighted by atomic mass is 10.0. The number of ketones is 1. The van der Waals surface area contributed by atoms with Crippen molar-refractivity contribution in [3.63, 3.8) is 0 Å². The molecule has 0 aromatic heterocycles. The maximum atomic E-state index is 13.5. The van der Waals surface area contributed by atoms with Crippen molar-refractivity contribution in [2.75, 3.05) is 5.73 Å². The van der Waals surface area contributed by atoms with Crippen LogP contribution in [0.1, 0.15) is 15.9 Å². The van der Waals surface area contributed by atoms with Crippen molar-refractivity contribution < 1.29 is 9.18 Å². The van der Waals surface area contributed by atoms with Gasteiger partial charge in [-0.05, 0) is 36.4 Å². The minimum Gasteiger partial charge on any atom is -0.398 e. The molecule has 2 aromatic rings. The fourth-order valence-electron chi connectivity index (χ4n) is 1.53. The van der Waals surface area contributed by atoms with E-state index in [1.165, 1.54) is 30.3 Å². The molecule has 0 radical (unpaired) electrons. The highest BCUT2D eigenvalue weighted by Crippen LogP contribution is 2.20. The molecule has 0 saturated heterocycles. The zero-order valence-corrected chi connectivity index (χ0v) is 9.54.